The summed E-state index contributed by atoms with van der Waals surface area (Å²) in [5, 5.41) is 36.5. The van der Waals surface area contributed by atoms with Gasteiger partial charge in [-0.05, 0) is 34.4 Å². The van der Waals surface area contributed by atoms with Crippen molar-refractivity contribution in [2.75, 3.05) is 0 Å². The average Bonchev–Trinajstić information content (AvgIpc) is 3.11. The lowest BCUT2D eigenvalue weighted by atomic mass is 10.0. The number of non-ortho nitro benzene ring substituents is 1. The third-order valence-electron chi connectivity index (χ3n) is 4.78. The standard InChI is InChI=1S/C19H11N3O4/c23-20-17-14-5-1-3-11-4-2-6-15(16(11)14)18(17)21(24)19(20)12-7-9-13(10-8-12)22(25)26/h1-10,23H. The van der Waals surface area contributed by atoms with Gasteiger partial charge in [0.25, 0.3) is 5.69 Å². The largest absolute Gasteiger partial charge is 0.710 e. The van der Waals surface area contributed by atoms with Gasteiger partial charge in [-0.2, -0.15) is 0 Å². The first-order chi connectivity index (χ1) is 12.6. The van der Waals surface area contributed by atoms with E-state index in [1.165, 1.54) is 24.3 Å². The Morgan fingerprint density at radius 3 is 2.27 bits per heavy atom. The number of hydrogen-bond donors (Lipinski definition) is 1. The van der Waals surface area contributed by atoms with Crippen LogP contribution < -0.4 is 4.73 Å². The van der Waals surface area contributed by atoms with Gasteiger partial charge in [-0.25, -0.2) is 4.73 Å². The number of aromatic nitrogens is 2. The van der Waals surface area contributed by atoms with Crippen LogP contribution in [0.15, 0.2) is 60.7 Å². The zero-order chi connectivity index (χ0) is 18.0. The van der Waals surface area contributed by atoms with Crippen molar-refractivity contribution in [1.29, 1.82) is 0 Å². The molecule has 0 spiro atoms. The molecule has 3 aromatic carbocycles. The van der Waals surface area contributed by atoms with Gasteiger partial charge < -0.3 is 10.4 Å². The summed E-state index contributed by atoms with van der Waals surface area (Å²) in [5.41, 5.74) is 2.68. The minimum absolute atomic E-state index is 0.0244. The number of imidazole rings is 1. The van der Waals surface area contributed by atoms with E-state index in [0.29, 0.717) is 21.7 Å². The Kier molecular flexibility index (Phi) is 2.68. The fourth-order valence-electron chi connectivity index (χ4n) is 3.68. The molecule has 0 bridgehead atoms. The summed E-state index contributed by atoms with van der Waals surface area (Å²) >= 11 is 0. The van der Waals surface area contributed by atoms with E-state index in [-0.39, 0.29) is 11.5 Å². The first-order valence-corrected chi connectivity index (χ1v) is 7.93. The molecular formula is C19H11N3O4. The average molecular weight is 345 g/mol. The Bertz CT molecular complexity index is 1160. The maximum Gasteiger partial charge on any atom is 0.332 e. The van der Waals surface area contributed by atoms with Crippen molar-refractivity contribution in [2.24, 2.45) is 0 Å². The van der Waals surface area contributed by atoms with E-state index in [0.717, 1.165) is 26.6 Å². The smallest absolute Gasteiger partial charge is 0.332 e. The van der Waals surface area contributed by atoms with Crippen LogP contribution in [-0.2, 0) is 0 Å². The summed E-state index contributed by atoms with van der Waals surface area (Å²) in [6.07, 6.45) is 0. The van der Waals surface area contributed by atoms with Crippen LogP contribution in [0.4, 0.5) is 5.69 Å². The molecule has 0 aliphatic heterocycles. The lowest BCUT2D eigenvalue weighted by Gasteiger charge is -2.07. The van der Waals surface area contributed by atoms with Crippen molar-refractivity contribution in [3.63, 3.8) is 0 Å². The Labute approximate surface area is 146 Å². The molecule has 0 atom stereocenters. The van der Waals surface area contributed by atoms with E-state index in [9.17, 15) is 20.5 Å². The molecule has 0 radical (unpaired) electrons. The number of nitro groups is 1. The Morgan fingerprint density at radius 2 is 1.62 bits per heavy atom. The highest BCUT2D eigenvalue weighted by molar-refractivity contribution is 6.13. The summed E-state index contributed by atoms with van der Waals surface area (Å²) in [4.78, 5) is 10.3. The molecule has 7 nitrogen and oxygen atoms in total. The molecule has 1 aliphatic rings. The van der Waals surface area contributed by atoms with Crippen LogP contribution in [0.25, 0.3) is 44.7 Å². The molecule has 0 unspecified atom stereocenters. The molecule has 4 aromatic rings. The summed E-state index contributed by atoms with van der Waals surface area (Å²) < 4.78 is 1.56. The Balaban J connectivity index is 1.79. The predicted molar refractivity (Wildman–Crippen MR) is 94.6 cm³/mol. The second-order valence-corrected chi connectivity index (χ2v) is 6.14. The third kappa shape index (κ3) is 1.68. The monoisotopic (exact) mass is 345 g/mol. The molecule has 1 heterocycles. The number of nitrogens with zero attached hydrogens (tertiary/aromatic N) is 3. The van der Waals surface area contributed by atoms with E-state index in [1.54, 1.807) is 0 Å². The minimum Gasteiger partial charge on any atom is -0.710 e. The van der Waals surface area contributed by atoms with Crippen molar-refractivity contribution in [2.45, 2.75) is 0 Å². The first-order valence-electron chi connectivity index (χ1n) is 7.93. The molecular weight excluding hydrogens is 334 g/mol. The zero-order valence-corrected chi connectivity index (χ0v) is 13.3. The Hall–Kier alpha value is -3.87. The maximum atomic E-state index is 13.0. The van der Waals surface area contributed by atoms with Gasteiger partial charge in [0.2, 0.25) is 5.69 Å². The lowest BCUT2D eigenvalue weighted by Crippen LogP contribution is -2.29. The molecule has 26 heavy (non-hydrogen) atoms. The quantitative estimate of drug-likeness (QED) is 0.173. The van der Waals surface area contributed by atoms with Crippen LogP contribution in [0.1, 0.15) is 0 Å². The van der Waals surface area contributed by atoms with Crippen molar-refractivity contribution >= 4 is 16.5 Å². The summed E-state index contributed by atoms with van der Waals surface area (Å²) in [6.45, 7) is 0. The van der Waals surface area contributed by atoms with Crippen LogP contribution in [0.3, 0.4) is 0 Å². The third-order valence-corrected chi connectivity index (χ3v) is 4.78. The van der Waals surface area contributed by atoms with E-state index < -0.39 is 4.92 Å². The molecule has 7 heteroatoms. The maximum absolute atomic E-state index is 13.0. The predicted octanol–water partition coefficient (Wildman–Crippen LogP) is 3.73. The van der Waals surface area contributed by atoms with Crippen molar-refractivity contribution in [3.8, 4) is 33.9 Å². The molecule has 0 saturated carbocycles. The number of benzene rings is 3. The van der Waals surface area contributed by atoms with Crippen LogP contribution in [-0.4, -0.2) is 14.9 Å². The normalized spacial score (nSPS) is 11.7. The van der Waals surface area contributed by atoms with E-state index in [2.05, 4.69) is 0 Å². The van der Waals surface area contributed by atoms with Gasteiger partial charge in [0.1, 0.15) is 0 Å². The van der Waals surface area contributed by atoms with Gasteiger partial charge in [-0.3, -0.25) is 10.1 Å². The highest BCUT2D eigenvalue weighted by atomic mass is 16.6. The van der Waals surface area contributed by atoms with Gasteiger partial charge >= 0.3 is 5.82 Å². The summed E-state index contributed by atoms with van der Waals surface area (Å²) in [5.74, 6) is 0.0244. The fraction of sp³-hybridized carbons (Fsp3) is 0. The van der Waals surface area contributed by atoms with E-state index in [4.69, 9.17) is 0 Å². The Morgan fingerprint density at radius 1 is 0.962 bits per heavy atom. The van der Waals surface area contributed by atoms with E-state index in [1.807, 2.05) is 36.4 Å². The van der Waals surface area contributed by atoms with Gasteiger partial charge in [0.15, 0.2) is 5.69 Å². The molecule has 1 aliphatic carbocycles. The fourth-order valence-corrected chi connectivity index (χ4v) is 3.68. The van der Waals surface area contributed by atoms with Crippen LogP contribution in [0.2, 0.25) is 0 Å². The van der Waals surface area contributed by atoms with Crippen molar-refractivity contribution < 1.29 is 14.9 Å². The van der Waals surface area contributed by atoms with Crippen LogP contribution in [0.5, 0.6) is 0 Å². The molecule has 0 saturated heterocycles. The van der Waals surface area contributed by atoms with Gasteiger partial charge in [-0.1, -0.05) is 24.3 Å². The number of nitro benzene ring substituents is 1. The second kappa shape index (κ2) is 4.82. The minimum atomic E-state index is -0.510. The van der Waals surface area contributed by atoms with Crippen LogP contribution >= 0.6 is 0 Å². The topological polar surface area (TPSA) is 95.2 Å². The van der Waals surface area contributed by atoms with Gasteiger partial charge in [-0.15, -0.1) is 0 Å². The number of hydrogen-bond acceptors (Lipinski definition) is 4. The molecule has 0 fully saturated rings. The van der Waals surface area contributed by atoms with Gasteiger partial charge in [0, 0.05) is 28.6 Å². The van der Waals surface area contributed by atoms with E-state index >= 15 is 0 Å². The van der Waals surface area contributed by atoms with Crippen molar-refractivity contribution in [1.82, 2.24) is 4.73 Å². The zero-order valence-electron chi connectivity index (χ0n) is 13.3. The molecule has 5 rings (SSSR count). The van der Waals surface area contributed by atoms with Gasteiger partial charge in [0.05, 0.1) is 10.5 Å². The lowest BCUT2D eigenvalue weighted by molar-refractivity contribution is -0.582. The highest BCUT2D eigenvalue weighted by Gasteiger charge is 2.37. The highest BCUT2D eigenvalue weighted by Crippen LogP contribution is 2.46. The number of fused-ring (bicyclic) bond motifs is 3. The SMILES string of the molecule is O=[N+]([O-])c1ccc(-c2n(O)c3c([n+]2[O-])-c2cccc4cccc-3c24)cc1. The molecule has 1 N–H and O–H groups in total. The first kappa shape index (κ1) is 14.5. The number of rotatable bonds is 2. The summed E-state index contributed by atoms with van der Waals surface area (Å²) in [6, 6.07) is 16.9. The van der Waals surface area contributed by atoms with Crippen molar-refractivity contribution in [3.05, 3.63) is 76.0 Å². The van der Waals surface area contributed by atoms with Crippen LogP contribution in [0, 0.1) is 15.3 Å². The summed E-state index contributed by atoms with van der Waals surface area (Å²) in [7, 11) is 0. The molecule has 126 valence electrons. The molecule has 1 aromatic heterocycles. The molecule has 0 amide bonds. The second-order valence-electron chi connectivity index (χ2n) is 6.14.